The summed E-state index contributed by atoms with van der Waals surface area (Å²) in [6, 6.07) is 6.23. The van der Waals surface area contributed by atoms with E-state index in [9.17, 15) is 9.59 Å². The Kier molecular flexibility index (Phi) is 6.83. The standard InChI is InChI=1S/C20H30N2O2/c1-15-10-11-18(14-16(15)2)21-20(24)12-13-22(17(3)23)19-8-6-4-5-7-9-19/h10-11,14,19H,4-9,12-13H2,1-3H3,(H,21,24). The van der Waals surface area contributed by atoms with Crippen molar-refractivity contribution in [2.75, 3.05) is 11.9 Å². The quantitative estimate of drug-likeness (QED) is 0.822. The number of anilines is 1. The molecule has 0 heterocycles. The minimum Gasteiger partial charge on any atom is -0.339 e. The van der Waals surface area contributed by atoms with Crippen molar-refractivity contribution in [1.29, 1.82) is 0 Å². The molecule has 0 aromatic heterocycles. The molecule has 4 heteroatoms. The maximum absolute atomic E-state index is 12.2. The van der Waals surface area contributed by atoms with Crippen LogP contribution < -0.4 is 5.32 Å². The molecule has 132 valence electrons. The molecule has 1 aromatic rings. The van der Waals surface area contributed by atoms with E-state index in [1.807, 2.05) is 30.0 Å². The smallest absolute Gasteiger partial charge is 0.226 e. The van der Waals surface area contributed by atoms with Crippen LogP contribution in [-0.4, -0.2) is 29.3 Å². The predicted molar refractivity (Wildman–Crippen MR) is 98.0 cm³/mol. The van der Waals surface area contributed by atoms with Crippen LogP contribution in [0.2, 0.25) is 0 Å². The first-order valence-corrected chi connectivity index (χ1v) is 9.11. The van der Waals surface area contributed by atoms with Crippen LogP contribution in [0, 0.1) is 13.8 Å². The van der Waals surface area contributed by atoms with Crippen LogP contribution >= 0.6 is 0 Å². The van der Waals surface area contributed by atoms with Gasteiger partial charge in [0.1, 0.15) is 0 Å². The molecule has 0 radical (unpaired) electrons. The second-order valence-corrected chi connectivity index (χ2v) is 6.96. The third-order valence-corrected chi connectivity index (χ3v) is 5.04. The highest BCUT2D eigenvalue weighted by molar-refractivity contribution is 5.91. The molecule has 1 aliphatic rings. The summed E-state index contributed by atoms with van der Waals surface area (Å²) in [5, 5.41) is 2.94. The molecule has 4 nitrogen and oxygen atoms in total. The number of amides is 2. The molecular weight excluding hydrogens is 300 g/mol. The van der Waals surface area contributed by atoms with Crippen molar-refractivity contribution in [3.63, 3.8) is 0 Å². The Balaban J connectivity index is 1.89. The van der Waals surface area contributed by atoms with Crippen molar-refractivity contribution in [2.24, 2.45) is 0 Å². The fourth-order valence-corrected chi connectivity index (χ4v) is 3.43. The van der Waals surface area contributed by atoms with Gasteiger partial charge in [0.25, 0.3) is 0 Å². The number of benzene rings is 1. The van der Waals surface area contributed by atoms with E-state index in [0.29, 0.717) is 19.0 Å². The summed E-state index contributed by atoms with van der Waals surface area (Å²) >= 11 is 0. The van der Waals surface area contributed by atoms with Gasteiger partial charge < -0.3 is 10.2 Å². The van der Waals surface area contributed by atoms with Gasteiger partial charge in [0, 0.05) is 31.6 Å². The topological polar surface area (TPSA) is 49.4 Å². The molecular formula is C20H30N2O2. The van der Waals surface area contributed by atoms with Crippen LogP contribution in [0.4, 0.5) is 5.69 Å². The van der Waals surface area contributed by atoms with Gasteiger partial charge in [-0.05, 0) is 49.9 Å². The summed E-state index contributed by atoms with van der Waals surface area (Å²) in [6.07, 6.45) is 7.37. The lowest BCUT2D eigenvalue weighted by atomic mass is 10.1. The van der Waals surface area contributed by atoms with Crippen LogP contribution in [0.25, 0.3) is 0 Å². The Morgan fingerprint density at radius 1 is 1.08 bits per heavy atom. The van der Waals surface area contributed by atoms with E-state index in [2.05, 4.69) is 12.2 Å². The van der Waals surface area contributed by atoms with E-state index in [4.69, 9.17) is 0 Å². The summed E-state index contributed by atoms with van der Waals surface area (Å²) in [5.41, 5.74) is 3.20. The normalized spacial score (nSPS) is 15.6. The lowest BCUT2D eigenvalue weighted by Gasteiger charge is -2.30. The Hall–Kier alpha value is -1.84. The maximum Gasteiger partial charge on any atom is 0.226 e. The van der Waals surface area contributed by atoms with Crippen LogP contribution in [0.3, 0.4) is 0 Å². The number of carbonyl (C=O) groups excluding carboxylic acids is 2. The fraction of sp³-hybridized carbons (Fsp3) is 0.600. The van der Waals surface area contributed by atoms with Crippen LogP contribution in [0.15, 0.2) is 18.2 Å². The first kappa shape index (κ1) is 18.5. The molecule has 0 bridgehead atoms. The zero-order valence-electron chi connectivity index (χ0n) is 15.2. The van der Waals surface area contributed by atoms with E-state index in [1.54, 1.807) is 6.92 Å². The van der Waals surface area contributed by atoms with Gasteiger partial charge in [-0.15, -0.1) is 0 Å². The first-order valence-electron chi connectivity index (χ1n) is 9.11. The number of aryl methyl sites for hydroxylation is 2. The molecule has 0 unspecified atom stereocenters. The van der Waals surface area contributed by atoms with Gasteiger partial charge >= 0.3 is 0 Å². The largest absolute Gasteiger partial charge is 0.339 e. The Bertz CT molecular complexity index is 575. The van der Waals surface area contributed by atoms with Crippen molar-refractivity contribution in [3.05, 3.63) is 29.3 Å². The van der Waals surface area contributed by atoms with Gasteiger partial charge in [0.2, 0.25) is 11.8 Å². The highest BCUT2D eigenvalue weighted by Crippen LogP contribution is 2.22. The lowest BCUT2D eigenvalue weighted by Crippen LogP contribution is -2.40. The first-order chi connectivity index (χ1) is 11.5. The van der Waals surface area contributed by atoms with Crippen LogP contribution in [0.5, 0.6) is 0 Å². The lowest BCUT2D eigenvalue weighted by molar-refractivity contribution is -0.131. The summed E-state index contributed by atoms with van der Waals surface area (Å²) in [4.78, 5) is 26.1. The summed E-state index contributed by atoms with van der Waals surface area (Å²) in [5.74, 6) is 0.0546. The van der Waals surface area contributed by atoms with Gasteiger partial charge in [0.05, 0.1) is 0 Å². The van der Waals surface area contributed by atoms with Crippen LogP contribution in [0.1, 0.15) is 63.0 Å². The SMILES string of the molecule is CC(=O)N(CCC(=O)Nc1ccc(C)c(C)c1)C1CCCCCC1. The van der Waals surface area contributed by atoms with Gasteiger partial charge in [-0.2, -0.15) is 0 Å². The molecule has 1 N–H and O–H groups in total. The van der Waals surface area contributed by atoms with E-state index >= 15 is 0 Å². The molecule has 2 amide bonds. The molecule has 1 aromatic carbocycles. The average Bonchev–Trinajstić information content (AvgIpc) is 2.80. The van der Waals surface area contributed by atoms with Crippen molar-refractivity contribution >= 4 is 17.5 Å². The third-order valence-electron chi connectivity index (χ3n) is 5.04. The third kappa shape index (κ3) is 5.36. The summed E-state index contributed by atoms with van der Waals surface area (Å²) in [6.45, 7) is 6.22. The highest BCUT2D eigenvalue weighted by atomic mass is 16.2. The Labute approximate surface area is 145 Å². The van der Waals surface area contributed by atoms with E-state index in [1.165, 1.54) is 31.2 Å². The monoisotopic (exact) mass is 330 g/mol. The zero-order chi connectivity index (χ0) is 17.5. The second-order valence-electron chi connectivity index (χ2n) is 6.96. The predicted octanol–water partition coefficient (Wildman–Crippen LogP) is 4.20. The Morgan fingerprint density at radius 2 is 1.75 bits per heavy atom. The van der Waals surface area contributed by atoms with Gasteiger partial charge in [-0.1, -0.05) is 31.7 Å². The summed E-state index contributed by atoms with van der Waals surface area (Å²) < 4.78 is 0. The number of hydrogen-bond donors (Lipinski definition) is 1. The Morgan fingerprint density at radius 3 is 2.33 bits per heavy atom. The summed E-state index contributed by atoms with van der Waals surface area (Å²) in [7, 11) is 0. The van der Waals surface area contributed by atoms with Gasteiger partial charge in [-0.3, -0.25) is 9.59 Å². The molecule has 24 heavy (non-hydrogen) atoms. The zero-order valence-corrected chi connectivity index (χ0v) is 15.2. The van der Waals surface area contributed by atoms with Crippen molar-refractivity contribution in [1.82, 2.24) is 4.90 Å². The number of nitrogens with zero attached hydrogens (tertiary/aromatic N) is 1. The minimum absolute atomic E-state index is 0.0295. The molecule has 1 saturated carbocycles. The number of nitrogens with one attached hydrogen (secondary N) is 1. The molecule has 0 spiro atoms. The highest BCUT2D eigenvalue weighted by Gasteiger charge is 2.22. The van der Waals surface area contributed by atoms with Crippen molar-refractivity contribution in [3.8, 4) is 0 Å². The molecule has 0 saturated heterocycles. The molecule has 1 fully saturated rings. The minimum atomic E-state index is -0.0295. The number of hydrogen-bond acceptors (Lipinski definition) is 2. The van der Waals surface area contributed by atoms with E-state index in [-0.39, 0.29) is 11.8 Å². The fourth-order valence-electron chi connectivity index (χ4n) is 3.43. The molecule has 0 aliphatic heterocycles. The number of carbonyl (C=O) groups is 2. The maximum atomic E-state index is 12.2. The number of rotatable bonds is 5. The van der Waals surface area contributed by atoms with Crippen molar-refractivity contribution in [2.45, 2.75) is 71.8 Å². The van der Waals surface area contributed by atoms with Crippen LogP contribution in [-0.2, 0) is 9.59 Å². The molecule has 1 aliphatic carbocycles. The van der Waals surface area contributed by atoms with Crippen molar-refractivity contribution < 1.29 is 9.59 Å². The van der Waals surface area contributed by atoms with Gasteiger partial charge in [0.15, 0.2) is 0 Å². The molecule has 0 atom stereocenters. The van der Waals surface area contributed by atoms with E-state index in [0.717, 1.165) is 24.1 Å². The second kappa shape index (κ2) is 8.86. The van der Waals surface area contributed by atoms with E-state index < -0.39 is 0 Å². The van der Waals surface area contributed by atoms with Gasteiger partial charge in [-0.25, -0.2) is 0 Å². The molecule has 2 rings (SSSR count). The average molecular weight is 330 g/mol.